The third-order valence-corrected chi connectivity index (χ3v) is 4.09. The molecule has 1 aliphatic rings. The number of benzene rings is 1. The van der Waals surface area contributed by atoms with E-state index in [1.807, 2.05) is 18.2 Å². The Bertz CT molecular complexity index is 464. The van der Waals surface area contributed by atoms with E-state index in [9.17, 15) is 0 Å². The fourth-order valence-corrected chi connectivity index (χ4v) is 3.24. The maximum atomic E-state index is 6.16. The molecule has 2 atom stereocenters. The first-order valence-electron chi connectivity index (χ1n) is 5.93. The molecule has 18 heavy (non-hydrogen) atoms. The number of methoxy groups -OCH3 is 1. The highest BCUT2D eigenvalue weighted by Crippen LogP contribution is 2.30. The van der Waals surface area contributed by atoms with Crippen LogP contribution in [0.25, 0.3) is 0 Å². The number of hydrogen-bond donors (Lipinski definition) is 1. The van der Waals surface area contributed by atoms with Gasteiger partial charge in [-0.25, -0.2) is 0 Å². The molecule has 2 unspecified atom stereocenters. The third-order valence-electron chi connectivity index (χ3n) is 2.74. The van der Waals surface area contributed by atoms with Crippen LogP contribution in [0.15, 0.2) is 23.2 Å². The molecule has 0 saturated heterocycles. The Labute approximate surface area is 117 Å². The highest BCUT2D eigenvalue weighted by atomic mass is 35.5. The van der Waals surface area contributed by atoms with Crippen LogP contribution in [-0.4, -0.2) is 23.6 Å². The zero-order chi connectivity index (χ0) is 13.1. The van der Waals surface area contributed by atoms with E-state index in [0.717, 1.165) is 23.0 Å². The van der Waals surface area contributed by atoms with Gasteiger partial charge in [0.25, 0.3) is 0 Å². The Hall–Kier alpha value is -0.870. The molecule has 0 bridgehead atoms. The molecule has 0 spiro atoms. The zero-order valence-corrected chi connectivity index (χ0v) is 12.3. The summed E-state index contributed by atoms with van der Waals surface area (Å²) in [4.78, 5) is 4.59. The van der Waals surface area contributed by atoms with Crippen molar-refractivity contribution in [2.24, 2.45) is 4.99 Å². The quantitative estimate of drug-likeness (QED) is 0.890. The van der Waals surface area contributed by atoms with Crippen LogP contribution >= 0.6 is 23.4 Å². The monoisotopic (exact) mass is 284 g/mol. The molecule has 5 heteroatoms. The molecule has 3 nitrogen and oxygen atoms in total. The Morgan fingerprint density at radius 3 is 2.89 bits per heavy atom. The van der Waals surface area contributed by atoms with Crippen molar-refractivity contribution in [3.05, 3.63) is 23.2 Å². The number of aliphatic imine (C=N–C) groups is 1. The van der Waals surface area contributed by atoms with Crippen molar-refractivity contribution in [2.45, 2.75) is 31.6 Å². The van der Waals surface area contributed by atoms with Gasteiger partial charge < -0.3 is 10.1 Å². The van der Waals surface area contributed by atoms with Gasteiger partial charge in [0, 0.05) is 11.3 Å². The summed E-state index contributed by atoms with van der Waals surface area (Å²) >= 11 is 7.91. The fraction of sp³-hybridized carbons (Fsp3) is 0.462. The van der Waals surface area contributed by atoms with Crippen molar-refractivity contribution in [1.29, 1.82) is 0 Å². The first-order valence-corrected chi connectivity index (χ1v) is 7.19. The Balaban J connectivity index is 2.18. The molecule has 0 saturated carbocycles. The van der Waals surface area contributed by atoms with E-state index in [1.54, 1.807) is 18.9 Å². The SMILES string of the molecule is COc1ccc(Cl)c(NC2=NC(C)CC(C)S2)c1. The average Bonchev–Trinajstić information content (AvgIpc) is 2.30. The highest BCUT2D eigenvalue weighted by molar-refractivity contribution is 8.14. The van der Waals surface area contributed by atoms with Crippen molar-refractivity contribution >= 4 is 34.2 Å². The van der Waals surface area contributed by atoms with E-state index in [-0.39, 0.29) is 0 Å². The molecule has 0 aliphatic carbocycles. The summed E-state index contributed by atoms with van der Waals surface area (Å²) < 4.78 is 5.20. The van der Waals surface area contributed by atoms with Gasteiger partial charge in [-0.2, -0.15) is 0 Å². The topological polar surface area (TPSA) is 33.6 Å². The van der Waals surface area contributed by atoms with Crippen molar-refractivity contribution in [1.82, 2.24) is 0 Å². The van der Waals surface area contributed by atoms with Crippen LogP contribution in [0.5, 0.6) is 5.75 Å². The average molecular weight is 285 g/mol. The van der Waals surface area contributed by atoms with Crippen molar-refractivity contribution in [2.75, 3.05) is 12.4 Å². The first-order chi connectivity index (χ1) is 8.58. The minimum atomic E-state index is 0.355. The number of nitrogens with zero attached hydrogens (tertiary/aromatic N) is 1. The molecule has 1 N–H and O–H groups in total. The lowest BCUT2D eigenvalue weighted by Gasteiger charge is -2.23. The zero-order valence-electron chi connectivity index (χ0n) is 10.7. The smallest absolute Gasteiger partial charge is 0.161 e. The van der Waals surface area contributed by atoms with Crippen LogP contribution in [0.1, 0.15) is 20.3 Å². The lowest BCUT2D eigenvalue weighted by Crippen LogP contribution is -2.22. The van der Waals surface area contributed by atoms with Crippen LogP contribution in [-0.2, 0) is 0 Å². The minimum Gasteiger partial charge on any atom is -0.497 e. The van der Waals surface area contributed by atoms with Crippen LogP contribution in [0.2, 0.25) is 5.02 Å². The van der Waals surface area contributed by atoms with E-state index < -0.39 is 0 Å². The summed E-state index contributed by atoms with van der Waals surface area (Å²) in [5.74, 6) is 0.782. The molecule has 98 valence electrons. The Morgan fingerprint density at radius 1 is 1.44 bits per heavy atom. The van der Waals surface area contributed by atoms with Crippen molar-refractivity contribution < 1.29 is 4.74 Å². The van der Waals surface area contributed by atoms with Gasteiger partial charge in [0.15, 0.2) is 5.17 Å². The summed E-state index contributed by atoms with van der Waals surface area (Å²) in [6.45, 7) is 4.34. The van der Waals surface area contributed by atoms with E-state index >= 15 is 0 Å². The fourth-order valence-electron chi connectivity index (χ4n) is 1.91. The maximum absolute atomic E-state index is 6.16. The number of thioether (sulfide) groups is 1. The van der Waals surface area contributed by atoms with Crippen molar-refractivity contribution in [3.8, 4) is 5.75 Å². The molecule has 2 rings (SSSR count). The van der Waals surface area contributed by atoms with Gasteiger partial charge in [0.2, 0.25) is 0 Å². The van der Waals surface area contributed by atoms with E-state index in [0.29, 0.717) is 16.3 Å². The van der Waals surface area contributed by atoms with Gasteiger partial charge in [-0.05, 0) is 25.5 Å². The van der Waals surface area contributed by atoms with Crippen LogP contribution in [0.4, 0.5) is 5.69 Å². The standard InChI is InChI=1S/C13H17ClN2OS/c1-8-6-9(2)18-13(15-8)16-12-7-10(17-3)4-5-11(12)14/h4-5,7-9H,6H2,1-3H3,(H,15,16). The first kappa shape index (κ1) is 13.6. The second-order valence-electron chi connectivity index (χ2n) is 4.42. The summed E-state index contributed by atoms with van der Waals surface area (Å²) in [5, 5.41) is 5.46. The van der Waals surface area contributed by atoms with Crippen molar-refractivity contribution in [3.63, 3.8) is 0 Å². The number of rotatable bonds is 2. The molecule has 0 amide bonds. The van der Waals surface area contributed by atoms with Crippen LogP contribution in [0, 0.1) is 0 Å². The molecule has 1 aromatic carbocycles. The molecule has 0 fully saturated rings. The summed E-state index contributed by atoms with van der Waals surface area (Å²) in [6.07, 6.45) is 1.11. The van der Waals surface area contributed by atoms with E-state index in [2.05, 4.69) is 24.2 Å². The second-order valence-corrected chi connectivity index (χ2v) is 6.25. The summed E-state index contributed by atoms with van der Waals surface area (Å²) in [6, 6.07) is 5.90. The van der Waals surface area contributed by atoms with Gasteiger partial charge >= 0.3 is 0 Å². The molecule has 1 aromatic rings. The summed E-state index contributed by atoms with van der Waals surface area (Å²) in [5.41, 5.74) is 0.837. The lowest BCUT2D eigenvalue weighted by atomic mass is 10.2. The number of amidine groups is 1. The van der Waals surface area contributed by atoms with Gasteiger partial charge in [-0.3, -0.25) is 4.99 Å². The Morgan fingerprint density at radius 2 is 2.22 bits per heavy atom. The number of ether oxygens (including phenoxy) is 1. The third kappa shape index (κ3) is 3.33. The number of halogens is 1. The normalized spacial score (nSPS) is 23.4. The number of nitrogens with one attached hydrogen (secondary N) is 1. The molecule has 1 aliphatic heterocycles. The van der Waals surface area contributed by atoms with E-state index in [1.165, 1.54) is 0 Å². The van der Waals surface area contributed by atoms with E-state index in [4.69, 9.17) is 16.3 Å². The minimum absolute atomic E-state index is 0.355. The Kier molecular flexibility index (Phi) is 4.40. The predicted octanol–water partition coefficient (Wildman–Crippen LogP) is 4.03. The van der Waals surface area contributed by atoms with Crippen LogP contribution < -0.4 is 10.1 Å². The van der Waals surface area contributed by atoms with Gasteiger partial charge in [0.05, 0.1) is 23.9 Å². The molecule has 0 radical (unpaired) electrons. The largest absolute Gasteiger partial charge is 0.497 e. The second kappa shape index (κ2) is 5.85. The molecular formula is C13H17ClN2OS. The van der Waals surface area contributed by atoms with Gasteiger partial charge in [-0.15, -0.1) is 0 Å². The molecule has 1 heterocycles. The van der Waals surface area contributed by atoms with Gasteiger partial charge in [-0.1, -0.05) is 30.3 Å². The number of hydrogen-bond acceptors (Lipinski definition) is 4. The summed E-state index contributed by atoms with van der Waals surface area (Å²) in [7, 11) is 1.64. The van der Waals surface area contributed by atoms with Crippen LogP contribution in [0.3, 0.4) is 0 Å². The lowest BCUT2D eigenvalue weighted by molar-refractivity contribution is 0.415. The predicted molar refractivity (Wildman–Crippen MR) is 80.2 cm³/mol. The highest BCUT2D eigenvalue weighted by Gasteiger charge is 2.19. The number of anilines is 1. The molecular weight excluding hydrogens is 268 g/mol. The molecule has 0 aromatic heterocycles. The van der Waals surface area contributed by atoms with Gasteiger partial charge in [0.1, 0.15) is 5.75 Å². The maximum Gasteiger partial charge on any atom is 0.161 e.